The van der Waals surface area contributed by atoms with Crippen LogP contribution in [0.15, 0.2) is 23.1 Å². The van der Waals surface area contributed by atoms with E-state index in [0.29, 0.717) is 4.90 Å². The summed E-state index contributed by atoms with van der Waals surface area (Å²) in [4.78, 5) is 0.414. The van der Waals surface area contributed by atoms with Gasteiger partial charge < -0.3 is 4.74 Å². The Bertz CT molecular complexity index is 604. The number of ether oxygens (including phenoxy) is 1. The second-order valence-corrected chi connectivity index (χ2v) is 7.83. The van der Waals surface area contributed by atoms with E-state index < -0.39 is 10.0 Å². The Hall–Kier alpha value is -0.910. The van der Waals surface area contributed by atoms with E-state index in [1.807, 2.05) is 12.1 Å². The average molecular weight is 309 g/mol. The van der Waals surface area contributed by atoms with E-state index >= 15 is 0 Å². The van der Waals surface area contributed by atoms with Crippen LogP contribution in [0.3, 0.4) is 0 Å². The van der Waals surface area contributed by atoms with Crippen LogP contribution in [0.2, 0.25) is 0 Å². The van der Waals surface area contributed by atoms with Crippen molar-refractivity contribution in [1.29, 1.82) is 0 Å². The third-order valence-corrected chi connectivity index (χ3v) is 6.23. The van der Waals surface area contributed by atoms with E-state index in [1.165, 1.54) is 11.1 Å². The third kappa shape index (κ3) is 3.30. The van der Waals surface area contributed by atoms with Gasteiger partial charge in [-0.25, -0.2) is 13.1 Å². The predicted molar refractivity (Wildman–Crippen MR) is 81.8 cm³/mol. The van der Waals surface area contributed by atoms with E-state index in [2.05, 4.69) is 4.72 Å². The number of benzene rings is 1. The number of sulfonamides is 1. The minimum Gasteiger partial charge on any atom is -0.381 e. The predicted octanol–water partition coefficient (Wildman–Crippen LogP) is 2.41. The highest BCUT2D eigenvalue weighted by Crippen LogP contribution is 2.26. The molecule has 0 bridgehead atoms. The molecule has 0 saturated heterocycles. The highest BCUT2D eigenvalue weighted by atomic mass is 32.2. The number of rotatable bonds is 4. The number of methoxy groups -OCH3 is 1. The number of hydrogen-bond donors (Lipinski definition) is 1. The van der Waals surface area contributed by atoms with Gasteiger partial charge in [0.05, 0.1) is 11.0 Å². The van der Waals surface area contributed by atoms with Crippen molar-refractivity contribution < 1.29 is 13.2 Å². The molecule has 3 rings (SSSR count). The molecular formula is C16H23NO3S. The smallest absolute Gasteiger partial charge is 0.240 e. The normalized spacial score (nSPS) is 25.8. The lowest BCUT2D eigenvalue weighted by molar-refractivity contribution is 0.0649. The fourth-order valence-corrected chi connectivity index (χ4v) is 4.77. The van der Waals surface area contributed by atoms with Crippen molar-refractivity contribution in [2.24, 2.45) is 0 Å². The molecular weight excluding hydrogens is 286 g/mol. The average Bonchev–Trinajstić information content (AvgIpc) is 2.95. The van der Waals surface area contributed by atoms with E-state index in [-0.39, 0.29) is 12.1 Å². The summed E-state index contributed by atoms with van der Waals surface area (Å²) in [7, 11) is -1.67. The summed E-state index contributed by atoms with van der Waals surface area (Å²) < 4.78 is 33.2. The van der Waals surface area contributed by atoms with Gasteiger partial charge in [0.15, 0.2) is 0 Å². The quantitative estimate of drug-likeness (QED) is 0.929. The molecule has 0 amide bonds. The molecule has 0 heterocycles. The molecule has 1 N–H and O–H groups in total. The second-order valence-electron chi connectivity index (χ2n) is 6.11. The van der Waals surface area contributed by atoms with Crippen LogP contribution in [-0.4, -0.2) is 27.7 Å². The van der Waals surface area contributed by atoms with Crippen LogP contribution in [-0.2, 0) is 27.6 Å². The van der Waals surface area contributed by atoms with Crippen LogP contribution in [0.5, 0.6) is 0 Å². The first kappa shape index (κ1) is 15.0. The minimum atomic E-state index is -3.40. The molecule has 0 atom stereocenters. The monoisotopic (exact) mass is 309 g/mol. The van der Waals surface area contributed by atoms with E-state index in [1.54, 1.807) is 13.2 Å². The summed E-state index contributed by atoms with van der Waals surface area (Å²) in [6.45, 7) is 0. The summed E-state index contributed by atoms with van der Waals surface area (Å²) in [6, 6.07) is 5.60. The van der Waals surface area contributed by atoms with Crippen molar-refractivity contribution in [3.05, 3.63) is 29.3 Å². The summed E-state index contributed by atoms with van der Waals surface area (Å²) in [6.07, 6.45) is 7.04. The molecule has 1 aromatic rings. The van der Waals surface area contributed by atoms with Crippen LogP contribution < -0.4 is 4.72 Å². The van der Waals surface area contributed by atoms with Crippen LogP contribution in [0.1, 0.15) is 43.2 Å². The number of aryl methyl sites for hydroxylation is 2. The largest absolute Gasteiger partial charge is 0.381 e. The van der Waals surface area contributed by atoms with Gasteiger partial charge in [-0.3, -0.25) is 0 Å². The lowest BCUT2D eigenvalue weighted by Gasteiger charge is -2.28. The van der Waals surface area contributed by atoms with Crippen LogP contribution in [0.25, 0.3) is 0 Å². The van der Waals surface area contributed by atoms with Crippen LogP contribution in [0, 0.1) is 0 Å². The van der Waals surface area contributed by atoms with Gasteiger partial charge in [-0.1, -0.05) is 6.07 Å². The van der Waals surface area contributed by atoms with Gasteiger partial charge in [0.25, 0.3) is 0 Å². The Morgan fingerprint density at radius 2 is 1.81 bits per heavy atom. The van der Waals surface area contributed by atoms with Gasteiger partial charge in [0, 0.05) is 13.2 Å². The van der Waals surface area contributed by atoms with Crippen molar-refractivity contribution in [2.75, 3.05) is 7.11 Å². The maximum atomic E-state index is 12.5. The maximum absolute atomic E-state index is 12.5. The van der Waals surface area contributed by atoms with Crippen molar-refractivity contribution in [1.82, 2.24) is 4.72 Å². The highest BCUT2D eigenvalue weighted by Gasteiger charge is 2.26. The van der Waals surface area contributed by atoms with Crippen molar-refractivity contribution in [3.63, 3.8) is 0 Å². The fourth-order valence-electron chi connectivity index (χ4n) is 3.42. The fraction of sp³-hybridized carbons (Fsp3) is 0.625. The molecule has 0 unspecified atom stereocenters. The third-order valence-electron chi connectivity index (χ3n) is 4.71. The molecule has 2 aliphatic carbocycles. The van der Waals surface area contributed by atoms with Gasteiger partial charge in [-0.2, -0.15) is 0 Å². The first-order chi connectivity index (χ1) is 10.1. The van der Waals surface area contributed by atoms with Crippen molar-refractivity contribution in [2.45, 2.75) is 62.0 Å². The molecule has 0 aromatic heterocycles. The van der Waals surface area contributed by atoms with Crippen LogP contribution >= 0.6 is 0 Å². The van der Waals surface area contributed by atoms with E-state index in [0.717, 1.165) is 44.9 Å². The van der Waals surface area contributed by atoms with Gasteiger partial charge in [-0.05, 0) is 68.2 Å². The topological polar surface area (TPSA) is 55.4 Å². The highest BCUT2D eigenvalue weighted by molar-refractivity contribution is 7.89. The number of hydrogen-bond acceptors (Lipinski definition) is 3. The summed E-state index contributed by atoms with van der Waals surface area (Å²) in [5.74, 6) is 0. The molecule has 116 valence electrons. The Kier molecular flexibility index (Phi) is 4.33. The zero-order chi connectivity index (χ0) is 14.9. The molecule has 4 nitrogen and oxygen atoms in total. The second kappa shape index (κ2) is 6.07. The first-order valence-corrected chi connectivity index (χ1v) is 9.24. The molecule has 0 spiro atoms. The number of nitrogens with one attached hydrogen (secondary N) is 1. The summed E-state index contributed by atoms with van der Waals surface area (Å²) in [5, 5.41) is 0. The Morgan fingerprint density at radius 1 is 1.10 bits per heavy atom. The maximum Gasteiger partial charge on any atom is 0.240 e. The SMILES string of the molecule is COC1CCC(NS(=O)(=O)c2ccc3c(c2)CCC3)CC1. The van der Waals surface area contributed by atoms with Gasteiger partial charge in [0.2, 0.25) is 10.0 Å². The zero-order valence-electron chi connectivity index (χ0n) is 12.5. The molecule has 5 heteroatoms. The molecule has 1 saturated carbocycles. The lowest BCUT2D eigenvalue weighted by Crippen LogP contribution is -2.38. The summed E-state index contributed by atoms with van der Waals surface area (Å²) >= 11 is 0. The van der Waals surface area contributed by atoms with Crippen molar-refractivity contribution in [3.8, 4) is 0 Å². The first-order valence-electron chi connectivity index (χ1n) is 7.75. The molecule has 2 aliphatic rings. The molecule has 0 radical (unpaired) electrons. The van der Waals surface area contributed by atoms with Gasteiger partial charge in [-0.15, -0.1) is 0 Å². The Labute approximate surface area is 126 Å². The van der Waals surface area contributed by atoms with E-state index in [4.69, 9.17) is 4.74 Å². The molecule has 0 aliphatic heterocycles. The Morgan fingerprint density at radius 3 is 2.52 bits per heavy atom. The van der Waals surface area contributed by atoms with Gasteiger partial charge in [0.1, 0.15) is 0 Å². The number of fused-ring (bicyclic) bond motifs is 1. The Balaban J connectivity index is 1.70. The van der Waals surface area contributed by atoms with Crippen LogP contribution in [0.4, 0.5) is 0 Å². The lowest BCUT2D eigenvalue weighted by atomic mass is 9.94. The molecule has 1 fully saturated rings. The molecule has 21 heavy (non-hydrogen) atoms. The van der Waals surface area contributed by atoms with Crippen molar-refractivity contribution >= 4 is 10.0 Å². The molecule has 1 aromatic carbocycles. The van der Waals surface area contributed by atoms with Gasteiger partial charge >= 0.3 is 0 Å². The summed E-state index contributed by atoms with van der Waals surface area (Å²) in [5.41, 5.74) is 2.50. The van der Waals surface area contributed by atoms with E-state index in [9.17, 15) is 8.42 Å². The zero-order valence-corrected chi connectivity index (χ0v) is 13.3. The minimum absolute atomic E-state index is 0.0367. The standard InChI is InChI=1S/C16H23NO3S/c1-20-15-8-6-14(7-9-15)17-21(18,19)16-10-5-12-3-2-4-13(12)11-16/h5,10-11,14-15,17H,2-4,6-9H2,1H3.